The van der Waals surface area contributed by atoms with E-state index >= 15 is 0 Å². The second-order valence-electron chi connectivity index (χ2n) is 3.44. The summed E-state index contributed by atoms with van der Waals surface area (Å²) in [4.78, 5) is 10.4. The van der Waals surface area contributed by atoms with Crippen LogP contribution in [-0.2, 0) is 0 Å². The standard InChI is InChI=1S/C10H3Cl2F2N3/c11-9-8-7(16-10(12)17-9)6-4(14)1-3(13)2-5(6)15-8/h1-2,15H. The number of hydrogen-bond donors (Lipinski definition) is 1. The fourth-order valence-corrected chi connectivity index (χ4v) is 2.18. The molecule has 3 aromatic rings. The molecule has 3 rings (SSSR count). The van der Waals surface area contributed by atoms with E-state index in [-0.39, 0.29) is 26.9 Å². The van der Waals surface area contributed by atoms with Crippen LogP contribution in [-0.4, -0.2) is 15.0 Å². The quantitative estimate of drug-likeness (QED) is 0.501. The Morgan fingerprint density at radius 3 is 2.65 bits per heavy atom. The highest BCUT2D eigenvalue weighted by atomic mass is 35.5. The topological polar surface area (TPSA) is 41.6 Å². The third-order valence-corrected chi connectivity index (χ3v) is 2.83. The van der Waals surface area contributed by atoms with Crippen molar-refractivity contribution in [2.24, 2.45) is 0 Å². The van der Waals surface area contributed by atoms with Crippen LogP contribution in [0.2, 0.25) is 10.4 Å². The third-order valence-electron chi connectivity index (χ3n) is 2.39. The predicted octanol–water partition coefficient (Wildman–Crippen LogP) is 3.70. The smallest absolute Gasteiger partial charge is 0.224 e. The Bertz CT molecular complexity index is 754. The zero-order valence-electron chi connectivity index (χ0n) is 8.06. The summed E-state index contributed by atoms with van der Waals surface area (Å²) >= 11 is 11.5. The number of fused-ring (bicyclic) bond motifs is 3. The lowest BCUT2D eigenvalue weighted by Crippen LogP contribution is -1.85. The zero-order chi connectivity index (χ0) is 12.2. The Kier molecular flexibility index (Phi) is 2.21. The van der Waals surface area contributed by atoms with Gasteiger partial charge in [-0.05, 0) is 17.7 Å². The minimum atomic E-state index is -0.725. The van der Waals surface area contributed by atoms with Crippen LogP contribution < -0.4 is 0 Å². The molecular weight excluding hydrogens is 271 g/mol. The summed E-state index contributed by atoms with van der Waals surface area (Å²) in [5, 5.41) is 0.121. The molecule has 0 spiro atoms. The average Bonchev–Trinajstić information content (AvgIpc) is 2.56. The van der Waals surface area contributed by atoms with E-state index in [1.165, 1.54) is 0 Å². The van der Waals surface area contributed by atoms with E-state index in [0.717, 1.165) is 12.1 Å². The van der Waals surface area contributed by atoms with Gasteiger partial charge in [-0.1, -0.05) is 11.6 Å². The third kappa shape index (κ3) is 1.54. The first-order valence-corrected chi connectivity index (χ1v) is 5.31. The molecule has 1 aromatic carbocycles. The Morgan fingerprint density at radius 1 is 1.12 bits per heavy atom. The summed E-state index contributed by atoms with van der Waals surface area (Å²) in [6, 6.07) is 1.93. The van der Waals surface area contributed by atoms with Crippen molar-refractivity contribution in [3.63, 3.8) is 0 Å². The highest BCUT2D eigenvalue weighted by Crippen LogP contribution is 2.30. The number of aromatic nitrogens is 3. The molecule has 0 radical (unpaired) electrons. The van der Waals surface area contributed by atoms with Crippen LogP contribution in [0.1, 0.15) is 0 Å². The lowest BCUT2D eigenvalue weighted by Gasteiger charge is -1.95. The molecule has 0 saturated carbocycles. The van der Waals surface area contributed by atoms with Gasteiger partial charge in [-0.3, -0.25) is 0 Å². The molecule has 86 valence electrons. The number of nitrogens with zero attached hydrogens (tertiary/aromatic N) is 2. The van der Waals surface area contributed by atoms with Crippen LogP contribution in [0.5, 0.6) is 0 Å². The maximum Gasteiger partial charge on any atom is 0.224 e. The molecule has 3 nitrogen and oxygen atoms in total. The molecule has 1 N–H and O–H groups in total. The van der Waals surface area contributed by atoms with Gasteiger partial charge in [-0.2, -0.15) is 0 Å². The first-order chi connectivity index (χ1) is 8.06. The van der Waals surface area contributed by atoms with Crippen molar-refractivity contribution in [1.29, 1.82) is 0 Å². The van der Waals surface area contributed by atoms with Gasteiger partial charge in [-0.15, -0.1) is 0 Å². The van der Waals surface area contributed by atoms with Crippen LogP contribution in [0.15, 0.2) is 12.1 Å². The maximum absolute atomic E-state index is 13.7. The summed E-state index contributed by atoms with van der Waals surface area (Å²) < 4.78 is 26.7. The molecule has 7 heteroatoms. The molecule has 0 aliphatic carbocycles. The summed E-state index contributed by atoms with van der Waals surface area (Å²) in [7, 11) is 0. The molecule has 17 heavy (non-hydrogen) atoms. The lowest BCUT2D eigenvalue weighted by molar-refractivity contribution is 0.592. The first kappa shape index (κ1) is 10.7. The zero-order valence-corrected chi connectivity index (χ0v) is 9.57. The van der Waals surface area contributed by atoms with Crippen molar-refractivity contribution in [1.82, 2.24) is 15.0 Å². The Labute approximate surface area is 103 Å². The van der Waals surface area contributed by atoms with E-state index in [9.17, 15) is 8.78 Å². The normalized spacial score (nSPS) is 11.5. The number of nitrogens with one attached hydrogen (secondary N) is 1. The molecule has 0 unspecified atom stereocenters. The van der Waals surface area contributed by atoms with Gasteiger partial charge in [0.2, 0.25) is 5.28 Å². The van der Waals surface area contributed by atoms with Crippen LogP contribution in [0.4, 0.5) is 8.78 Å². The lowest BCUT2D eigenvalue weighted by atomic mass is 10.2. The van der Waals surface area contributed by atoms with Crippen molar-refractivity contribution >= 4 is 45.1 Å². The summed E-state index contributed by atoms with van der Waals surface area (Å²) in [5.74, 6) is -1.41. The monoisotopic (exact) mass is 273 g/mol. The molecule has 0 saturated heterocycles. The summed E-state index contributed by atoms with van der Waals surface area (Å²) in [6.45, 7) is 0. The van der Waals surface area contributed by atoms with E-state index in [1.807, 2.05) is 0 Å². The molecule has 0 aliphatic rings. The first-order valence-electron chi connectivity index (χ1n) is 4.56. The van der Waals surface area contributed by atoms with Gasteiger partial charge >= 0.3 is 0 Å². The van der Waals surface area contributed by atoms with Crippen LogP contribution in [0.25, 0.3) is 21.9 Å². The molecule has 0 atom stereocenters. The van der Waals surface area contributed by atoms with E-state index < -0.39 is 11.6 Å². The van der Waals surface area contributed by atoms with Crippen LogP contribution in [0, 0.1) is 11.6 Å². The average molecular weight is 274 g/mol. The predicted molar refractivity (Wildman–Crippen MR) is 61.3 cm³/mol. The largest absolute Gasteiger partial charge is 0.350 e. The van der Waals surface area contributed by atoms with Crippen LogP contribution in [0.3, 0.4) is 0 Å². The number of halogens is 4. The second kappa shape index (κ2) is 3.51. The molecular formula is C10H3Cl2F2N3. The number of H-pyrrole nitrogens is 1. The van der Waals surface area contributed by atoms with Crippen molar-refractivity contribution < 1.29 is 8.78 Å². The molecule has 2 aromatic heterocycles. The van der Waals surface area contributed by atoms with Crippen molar-refractivity contribution in [3.8, 4) is 0 Å². The molecule has 0 amide bonds. The Balaban J connectivity index is 2.60. The van der Waals surface area contributed by atoms with Crippen LogP contribution >= 0.6 is 23.2 Å². The highest BCUT2D eigenvalue weighted by Gasteiger charge is 2.15. The van der Waals surface area contributed by atoms with Crippen molar-refractivity contribution in [3.05, 3.63) is 34.2 Å². The fourth-order valence-electron chi connectivity index (χ4n) is 1.75. The molecule has 0 fully saturated rings. The van der Waals surface area contributed by atoms with Gasteiger partial charge in [0.05, 0.1) is 10.9 Å². The van der Waals surface area contributed by atoms with Gasteiger partial charge in [0, 0.05) is 6.07 Å². The van der Waals surface area contributed by atoms with E-state index in [2.05, 4.69) is 15.0 Å². The van der Waals surface area contributed by atoms with Crippen molar-refractivity contribution in [2.75, 3.05) is 0 Å². The Hall–Kier alpha value is -1.46. The van der Waals surface area contributed by atoms with E-state index in [0.29, 0.717) is 5.52 Å². The summed E-state index contributed by atoms with van der Waals surface area (Å²) in [5.41, 5.74) is 0.828. The highest BCUT2D eigenvalue weighted by molar-refractivity contribution is 6.36. The number of rotatable bonds is 0. The van der Waals surface area contributed by atoms with Crippen molar-refractivity contribution in [2.45, 2.75) is 0 Å². The van der Waals surface area contributed by atoms with Gasteiger partial charge in [0.15, 0.2) is 5.15 Å². The van der Waals surface area contributed by atoms with Gasteiger partial charge in [0.25, 0.3) is 0 Å². The Morgan fingerprint density at radius 2 is 1.88 bits per heavy atom. The molecule has 0 bridgehead atoms. The number of hydrogen-bond acceptors (Lipinski definition) is 2. The molecule has 2 heterocycles. The molecule has 0 aliphatic heterocycles. The summed E-state index contributed by atoms with van der Waals surface area (Å²) in [6.07, 6.45) is 0. The van der Waals surface area contributed by atoms with Gasteiger partial charge in [-0.25, -0.2) is 18.7 Å². The maximum atomic E-state index is 13.7. The number of aromatic amines is 1. The van der Waals surface area contributed by atoms with Gasteiger partial charge < -0.3 is 4.98 Å². The van der Waals surface area contributed by atoms with E-state index in [4.69, 9.17) is 23.2 Å². The van der Waals surface area contributed by atoms with Gasteiger partial charge in [0.1, 0.15) is 22.7 Å². The fraction of sp³-hybridized carbons (Fsp3) is 0. The minimum Gasteiger partial charge on any atom is -0.350 e. The van der Waals surface area contributed by atoms with E-state index in [1.54, 1.807) is 0 Å². The second-order valence-corrected chi connectivity index (χ2v) is 4.14. The SMILES string of the molecule is Fc1cc(F)c2c(c1)[nH]c1c(Cl)nc(Cl)nc12. The minimum absolute atomic E-state index is 0.0657. The number of benzene rings is 1.